The first kappa shape index (κ1) is 18.5. The quantitative estimate of drug-likeness (QED) is 0.223. The van der Waals surface area contributed by atoms with Crippen LogP contribution in [0.3, 0.4) is 0 Å². The molecule has 0 spiro atoms. The van der Waals surface area contributed by atoms with Crippen molar-refractivity contribution in [3.05, 3.63) is 86.1 Å². The van der Waals surface area contributed by atoms with Crippen LogP contribution in [-0.4, -0.2) is 15.6 Å². The summed E-state index contributed by atoms with van der Waals surface area (Å²) >= 11 is 1.33. The lowest BCUT2D eigenvalue weighted by Gasteiger charge is -2.02. The van der Waals surface area contributed by atoms with E-state index in [4.69, 9.17) is 4.42 Å². The molecule has 144 valence electrons. The second kappa shape index (κ2) is 7.64. The molecule has 4 rings (SSSR count). The Hall–Kier alpha value is -3.85. The number of nitro groups is 1. The summed E-state index contributed by atoms with van der Waals surface area (Å²) in [5.74, 6) is 0. The van der Waals surface area contributed by atoms with Gasteiger partial charge in [-0.2, -0.15) is 5.10 Å². The Balaban J connectivity index is 1.54. The van der Waals surface area contributed by atoms with Crippen LogP contribution in [0.4, 0.5) is 10.8 Å². The van der Waals surface area contributed by atoms with Crippen molar-refractivity contribution in [2.75, 3.05) is 5.43 Å². The van der Waals surface area contributed by atoms with E-state index >= 15 is 0 Å². The van der Waals surface area contributed by atoms with Crippen LogP contribution in [-0.2, 0) is 0 Å². The third-order valence-corrected chi connectivity index (χ3v) is 4.98. The fourth-order valence-electron chi connectivity index (χ4n) is 2.72. The number of nitro benzene ring substituents is 1. The molecular formula is C20H14N4O4S. The largest absolute Gasteiger partial charge is 0.422 e. The maximum atomic E-state index is 12.2. The van der Waals surface area contributed by atoms with E-state index in [1.807, 2.05) is 17.5 Å². The van der Waals surface area contributed by atoms with Crippen molar-refractivity contribution in [1.82, 2.24) is 4.98 Å². The van der Waals surface area contributed by atoms with Gasteiger partial charge in [-0.05, 0) is 31.2 Å². The number of non-ortho nitro benzene ring substituents is 1. The lowest BCUT2D eigenvalue weighted by Crippen LogP contribution is -2.13. The summed E-state index contributed by atoms with van der Waals surface area (Å²) in [5.41, 5.74) is 5.20. The molecule has 29 heavy (non-hydrogen) atoms. The molecular weight excluding hydrogens is 392 g/mol. The van der Waals surface area contributed by atoms with Crippen molar-refractivity contribution in [3.63, 3.8) is 0 Å². The van der Waals surface area contributed by atoms with E-state index in [2.05, 4.69) is 15.5 Å². The van der Waals surface area contributed by atoms with Gasteiger partial charge in [0, 0.05) is 28.5 Å². The molecule has 2 aromatic carbocycles. The van der Waals surface area contributed by atoms with Gasteiger partial charge >= 0.3 is 5.63 Å². The highest BCUT2D eigenvalue weighted by molar-refractivity contribution is 7.14. The second-order valence-corrected chi connectivity index (χ2v) is 6.99. The second-order valence-electron chi connectivity index (χ2n) is 6.14. The van der Waals surface area contributed by atoms with Crippen LogP contribution in [0.5, 0.6) is 0 Å². The van der Waals surface area contributed by atoms with Gasteiger partial charge in [0.2, 0.25) is 5.13 Å². The molecule has 0 atom stereocenters. The molecule has 9 heteroatoms. The minimum atomic E-state index is -0.461. The predicted octanol–water partition coefficient (Wildman–Crippen LogP) is 4.66. The van der Waals surface area contributed by atoms with Crippen molar-refractivity contribution in [3.8, 4) is 11.3 Å². The molecule has 0 bridgehead atoms. The van der Waals surface area contributed by atoms with Crippen molar-refractivity contribution >= 4 is 38.8 Å². The van der Waals surface area contributed by atoms with E-state index < -0.39 is 10.5 Å². The lowest BCUT2D eigenvalue weighted by molar-refractivity contribution is -0.384. The van der Waals surface area contributed by atoms with Gasteiger partial charge < -0.3 is 4.42 Å². The third kappa shape index (κ3) is 3.90. The van der Waals surface area contributed by atoms with Gasteiger partial charge in [-0.1, -0.05) is 18.2 Å². The van der Waals surface area contributed by atoms with Crippen LogP contribution in [0, 0.1) is 10.1 Å². The summed E-state index contributed by atoms with van der Waals surface area (Å²) in [6.45, 7) is 1.71. The Morgan fingerprint density at radius 2 is 1.97 bits per heavy atom. The zero-order chi connectivity index (χ0) is 20.4. The van der Waals surface area contributed by atoms with E-state index in [-0.39, 0.29) is 5.69 Å². The van der Waals surface area contributed by atoms with Gasteiger partial charge in [-0.15, -0.1) is 11.3 Å². The first-order valence-electron chi connectivity index (χ1n) is 8.55. The number of fused-ring (bicyclic) bond motifs is 1. The molecule has 0 aliphatic rings. The van der Waals surface area contributed by atoms with Crippen LogP contribution in [0.25, 0.3) is 22.2 Å². The smallest absolute Gasteiger partial charge is 0.345 e. The maximum Gasteiger partial charge on any atom is 0.345 e. The van der Waals surface area contributed by atoms with Crippen molar-refractivity contribution < 1.29 is 9.34 Å². The zero-order valence-electron chi connectivity index (χ0n) is 15.2. The molecule has 1 N–H and O–H groups in total. The average Bonchev–Trinajstić information content (AvgIpc) is 3.20. The van der Waals surface area contributed by atoms with Crippen LogP contribution < -0.4 is 11.1 Å². The van der Waals surface area contributed by atoms with E-state index in [9.17, 15) is 14.9 Å². The fourth-order valence-corrected chi connectivity index (χ4v) is 3.38. The number of hydrogen-bond donors (Lipinski definition) is 1. The number of hydrogen-bond acceptors (Lipinski definition) is 8. The van der Waals surface area contributed by atoms with E-state index in [0.717, 1.165) is 10.9 Å². The number of nitrogens with one attached hydrogen (secondary N) is 1. The van der Waals surface area contributed by atoms with Gasteiger partial charge in [0.25, 0.3) is 5.69 Å². The van der Waals surface area contributed by atoms with Gasteiger partial charge in [0.05, 0.1) is 21.9 Å². The number of para-hydroxylation sites is 1. The minimum absolute atomic E-state index is 0.0248. The summed E-state index contributed by atoms with van der Waals surface area (Å²) < 4.78 is 5.33. The van der Waals surface area contributed by atoms with E-state index in [1.165, 1.54) is 23.5 Å². The number of benzene rings is 2. The molecule has 0 aliphatic carbocycles. The molecule has 2 heterocycles. The molecule has 4 aromatic rings. The molecule has 0 aliphatic heterocycles. The maximum absolute atomic E-state index is 12.2. The highest BCUT2D eigenvalue weighted by atomic mass is 32.1. The summed E-state index contributed by atoms with van der Waals surface area (Å²) in [4.78, 5) is 26.9. The van der Waals surface area contributed by atoms with Crippen molar-refractivity contribution in [1.29, 1.82) is 0 Å². The average molecular weight is 406 g/mol. The molecule has 0 saturated carbocycles. The Morgan fingerprint density at radius 1 is 1.21 bits per heavy atom. The highest BCUT2D eigenvalue weighted by Gasteiger charge is 2.10. The SMILES string of the molecule is CC(=NNc1nc(-c2ccc([N+](=O)[O-])cc2)cs1)c1cc2ccccc2oc1=O. The first-order chi connectivity index (χ1) is 14.0. The summed E-state index contributed by atoms with van der Waals surface area (Å²) in [6.07, 6.45) is 0. The first-order valence-corrected chi connectivity index (χ1v) is 9.43. The van der Waals surface area contributed by atoms with E-state index in [0.29, 0.717) is 27.7 Å². The van der Waals surface area contributed by atoms with Crippen LogP contribution >= 0.6 is 11.3 Å². The lowest BCUT2D eigenvalue weighted by atomic mass is 10.1. The van der Waals surface area contributed by atoms with Crippen molar-refractivity contribution in [2.45, 2.75) is 6.92 Å². The van der Waals surface area contributed by atoms with Crippen LogP contribution in [0.2, 0.25) is 0 Å². The Kier molecular flexibility index (Phi) is 4.88. The summed E-state index contributed by atoms with van der Waals surface area (Å²) in [5, 5.41) is 18.2. The summed E-state index contributed by atoms with van der Waals surface area (Å²) in [6, 6.07) is 15.2. The normalized spacial score (nSPS) is 11.6. The molecule has 0 fully saturated rings. The minimum Gasteiger partial charge on any atom is -0.422 e. The molecule has 2 aromatic heterocycles. The van der Waals surface area contributed by atoms with Gasteiger partial charge in [-0.25, -0.2) is 9.78 Å². The van der Waals surface area contributed by atoms with E-state index in [1.54, 1.807) is 37.3 Å². The van der Waals surface area contributed by atoms with Gasteiger partial charge in [-0.3, -0.25) is 15.5 Å². The Labute approximate surface area is 168 Å². The number of aromatic nitrogens is 1. The van der Waals surface area contributed by atoms with Gasteiger partial charge in [0.15, 0.2) is 0 Å². The highest BCUT2D eigenvalue weighted by Crippen LogP contribution is 2.26. The fraction of sp³-hybridized carbons (Fsp3) is 0.0500. The molecule has 0 amide bonds. The topological polar surface area (TPSA) is 111 Å². The third-order valence-electron chi connectivity index (χ3n) is 4.23. The standard InChI is InChI=1S/C20H14N4O4S/c1-12(16-10-14-4-2-3-5-18(14)28-19(16)25)22-23-20-21-17(11-29-20)13-6-8-15(9-7-13)24(26)27/h2-11H,1H3,(H,21,23). The number of anilines is 1. The van der Waals surface area contributed by atoms with Crippen LogP contribution in [0.15, 0.2) is 74.3 Å². The van der Waals surface area contributed by atoms with Gasteiger partial charge in [0.1, 0.15) is 5.58 Å². The molecule has 0 saturated heterocycles. The Morgan fingerprint density at radius 3 is 2.72 bits per heavy atom. The molecule has 0 radical (unpaired) electrons. The zero-order valence-corrected chi connectivity index (χ0v) is 16.0. The monoisotopic (exact) mass is 406 g/mol. The van der Waals surface area contributed by atoms with Crippen LogP contribution in [0.1, 0.15) is 12.5 Å². The Bertz CT molecular complexity index is 1290. The molecule has 8 nitrogen and oxygen atoms in total. The van der Waals surface area contributed by atoms with Crippen molar-refractivity contribution in [2.24, 2.45) is 5.10 Å². The number of rotatable bonds is 5. The number of nitrogens with zero attached hydrogens (tertiary/aromatic N) is 3. The predicted molar refractivity (Wildman–Crippen MR) is 113 cm³/mol. The number of hydrazone groups is 1. The summed E-state index contributed by atoms with van der Waals surface area (Å²) in [7, 11) is 0. The molecule has 0 unspecified atom stereocenters. The number of thiazole rings is 1.